The fraction of sp³-hybridized carbons (Fsp3) is 0.364. The standard InChI is InChI=1S/C22H26N4OS.2ClH/c1-15-18-9-5-6-10-20(18)28-22(15)25-21(27)19(23)11-17-13-26(14-24-17)12-16-7-3-2-4-8-16;;/h2-4,7-8,13-14,19H,5-6,9-12,23H2,1H3,(H,25,27);2*1H/t19-;;/m0../s1. The summed E-state index contributed by atoms with van der Waals surface area (Å²) < 4.78 is 2.02. The van der Waals surface area contributed by atoms with Crippen LogP contribution in [-0.2, 0) is 30.6 Å². The summed E-state index contributed by atoms with van der Waals surface area (Å²) in [5, 5.41) is 4.01. The van der Waals surface area contributed by atoms with E-state index in [1.54, 1.807) is 17.7 Å². The lowest BCUT2D eigenvalue weighted by molar-refractivity contribution is -0.117. The van der Waals surface area contributed by atoms with Gasteiger partial charge in [0.1, 0.15) is 0 Å². The van der Waals surface area contributed by atoms with Crippen LogP contribution in [0.1, 0.15) is 40.1 Å². The van der Waals surface area contributed by atoms with E-state index in [1.807, 2.05) is 29.0 Å². The number of halogens is 2. The maximum absolute atomic E-state index is 12.6. The molecule has 1 aliphatic carbocycles. The highest BCUT2D eigenvalue weighted by Crippen LogP contribution is 2.37. The largest absolute Gasteiger partial charge is 0.333 e. The van der Waals surface area contributed by atoms with E-state index in [4.69, 9.17) is 5.73 Å². The number of hydrogen-bond donors (Lipinski definition) is 2. The predicted molar refractivity (Wildman–Crippen MR) is 128 cm³/mol. The van der Waals surface area contributed by atoms with Crippen LogP contribution < -0.4 is 11.1 Å². The summed E-state index contributed by atoms with van der Waals surface area (Å²) in [5.74, 6) is -0.140. The first-order chi connectivity index (χ1) is 13.6. The second kappa shape index (κ2) is 11.0. The minimum Gasteiger partial charge on any atom is -0.333 e. The molecule has 0 aliphatic heterocycles. The summed E-state index contributed by atoms with van der Waals surface area (Å²) in [7, 11) is 0. The van der Waals surface area contributed by atoms with Crippen LogP contribution in [0.15, 0.2) is 42.9 Å². The number of anilines is 1. The van der Waals surface area contributed by atoms with Crippen molar-refractivity contribution in [2.45, 2.75) is 51.6 Å². The third-order valence-electron chi connectivity index (χ3n) is 5.33. The molecule has 8 heteroatoms. The molecule has 4 rings (SSSR count). The second-order valence-electron chi connectivity index (χ2n) is 7.49. The molecule has 2 aromatic heterocycles. The van der Waals surface area contributed by atoms with Crippen molar-refractivity contribution in [3.8, 4) is 0 Å². The van der Waals surface area contributed by atoms with E-state index in [2.05, 4.69) is 29.4 Å². The van der Waals surface area contributed by atoms with Crippen LogP contribution in [0.3, 0.4) is 0 Å². The molecule has 0 spiro atoms. The van der Waals surface area contributed by atoms with E-state index < -0.39 is 6.04 Å². The number of fused-ring (bicyclic) bond motifs is 1. The molecule has 0 unspecified atom stereocenters. The van der Waals surface area contributed by atoms with Gasteiger partial charge in [-0.25, -0.2) is 4.98 Å². The van der Waals surface area contributed by atoms with Crippen LogP contribution in [-0.4, -0.2) is 21.5 Å². The number of thiophene rings is 1. The Morgan fingerprint density at radius 1 is 1.23 bits per heavy atom. The van der Waals surface area contributed by atoms with Crippen LogP contribution in [0, 0.1) is 6.92 Å². The lowest BCUT2D eigenvalue weighted by Crippen LogP contribution is -2.37. The average Bonchev–Trinajstić information content (AvgIpc) is 3.27. The Hall–Kier alpha value is -1.86. The minimum atomic E-state index is -0.612. The molecule has 3 aromatic rings. The lowest BCUT2D eigenvalue weighted by Gasteiger charge is -2.11. The third kappa shape index (κ3) is 5.64. The van der Waals surface area contributed by atoms with Gasteiger partial charge in [0.2, 0.25) is 5.91 Å². The lowest BCUT2D eigenvalue weighted by atomic mass is 9.96. The Morgan fingerprint density at radius 2 is 1.97 bits per heavy atom. The molecule has 2 heterocycles. The number of amides is 1. The highest BCUT2D eigenvalue weighted by atomic mass is 35.5. The molecule has 0 fully saturated rings. The maximum Gasteiger partial charge on any atom is 0.242 e. The van der Waals surface area contributed by atoms with Crippen LogP contribution in [0.25, 0.3) is 0 Å². The number of aryl methyl sites for hydroxylation is 1. The van der Waals surface area contributed by atoms with E-state index in [-0.39, 0.29) is 30.7 Å². The summed E-state index contributed by atoms with van der Waals surface area (Å²) in [6.07, 6.45) is 8.92. The van der Waals surface area contributed by atoms with Gasteiger partial charge < -0.3 is 15.6 Å². The molecule has 0 radical (unpaired) electrons. The summed E-state index contributed by atoms with van der Waals surface area (Å²) in [5.41, 5.74) is 10.9. The number of imidazole rings is 1. The summed E-state index contributed by atoms with van der Waals surface area (Å²) in [6.45, 7) is 2.86. The summed E-state index contributed by atoms with van der Waals surface area (Å²) in [6, 6.07) is 9.62. The number of nitrogens with two attached hydrogens (primary N) is 1. The Bertz CT molecular complexity index is 971. The smallest absolute Gasteiger partial charge is 0.242 e. The van der Waals surface area contributed by atoms with E-state index in [0.717, 1.165) is 30.1 Å². The molecule has 162 valence electrons. The summed E-state index contributed by atoms with van der Waals surface area (Å²) in [4.78, 5) is 18.5. The highest BCUT2D eigenvalue weighted by Gasteiger charge is 2.21. The molecule has 0 saturated heterocycles. The van der Waals surface area contributed by atoms with E-state index >= 15 is 0 Å². The number of carbonyl (C=O) groups is 1. The van der Waals surface area contributed by atoms with Crippen molar-refractivity contribution in [3.63, 3.8) is 0 Å². The molecule has 3 N–H and O–H groups in total. The Balaban J connectivity index is 0.00000160. The van der Waals surface area contributed by atoms with Crippen molar-refractivity contribution in [2.75, 3.05) is 5.32 Å². The number of nitrogens with zero attached hydrogens (tertiary/aromatic N) is 2. The topological polar surface area (TPSA) is 72.9 Å². The first-order valence-corrected chi connectivity index (χ1v) is 10.6. The number of nitrogens with one attached hydrogen (secondary N) is 1. The first-order valence-electron chi connectivity index (χ1n) is 9.82. The van der Waals surface area contributed by atoms with Gasteiger partial charge in [-0.15, -0.1) is 36.2 Å². The van der Waals surface area contributed by atoms with Crippen molar-refractivity contribution >= 4 is 47.1 Å². The fourth-order valence-corrected chi connectivity index (χ4v) is 5.06. The predicted octanol–water partition coefficient (Wildman–Crippen LogP) is 4.53. The first kappa shape index (κ1) is 24.4. The average molecular weight is 467 g/mol. The van der Waals surface area contributed by atoms with Crippen LogP contribution in [0.2, 0.25) is 0 Å². The SMILES string of the molecule is Cc1c(NC(=O)[C@@H](N)Cc2cn(Cc3ccccc3)cn2)sc2c1CCCC2.Cl.Cl. The Labute approximate surface area is 193 Å². The molecule has 1 aliphatic rings. The van der Waals surface area contributed by atoms with Crippen molar-refractivity contribution in [3.05, 3.63) is 70.1 Å². The van der Waals surface area contributed by atoms with Gasteiger partial charge in [-0.05, 0) is 49.3 Å². The van der Waals surface area contributed by atoms with Gasteiger partial charge in [0.05, 0.1) is 23.1 Å². The molecular weight excluding hydrogens is 439 g/mol. The van der Waals surface area contributed by atoms with Gasteiger partial charge in [-0.2, -0.15) is 0 Å². The molecule has 30 heavy (non-hydrogen) atoms. The molecule has 1 amide bonds. The fourth-order valence-electron chi connectivity index (χ4n) is 3.76. The monoisotopic (exact) mass is 466 g/mol. The summed E-state index contributed by atoms with van der Waals surface area (Å²) >= 11 is 1.71. The van der Waals surface area contributed by atoms with Gasteiger partial charge in [0.25, 0.3) is 0 Å². The normalized spacial score (nSPS) is 13.5. The van der Waals surface area contributed by atoms with Gasteiger partial charge in [0.15, 0.2) is 0 Å². The van der Waals surface area contributed by atoms with Crippen LogP contribution in [0.5, 0.6) is 0 Å². The van der Waals surface area contributed by atoms with Crippen molar-refractivity contribution < 1.29 is 4.79 Å². The number of rotatable bonds is 6. The zero-order valence-corrected chi connectivity index (χ0v) is 19.4. The quantitative estimate of drug-likeness (QED) is 0.560. The second-order valence-corrected chi connectivity index (χ2v) is 8.59. The van der Waals surface area contributed by atoms with Gasteiger partial charge in [0, 0.05) is 24.0 Å². The Morgan fingerprint density at radius 3 is 2.70 bits per heavy atom. The maximum atomic E-state index is 12.6. The molecule has 0 saturated carbocycles. The molecular formula is C22H28Cl2N4OS. The zero-order chi connectivity index (χ0) is 19.5. The number of aromatic nitrogens is 2. The third-order valence-corrected chi connectivity index (χ3v) is 6.64. The van der Waals surface area contributed by atoms with E-state index in [0.29, 0.717) is 6.42 Å². The van der Waals surface area contributed by atoms with Crippen molar-refractivity contribution in [2.24, 2.45) is 5.73 Å². The molecule has 1 aromatic carbocycles. The van der Waals surface area contributed by atoms with Gasteiger partial charge in [-0.1, -0.05) is 30.3 Å². The molecule has 0 bridgehead atoms. The van der Waals surface area contributed by atoms with Crippen LogP contribution in [0.4, 0.5) is 5.00 Å². The van der Waals surface area contributed by atoms with Crippen molar-refractivity contribution in [1.82, 2.24) is 9.55 Å². The number of hydrogen-bond acceptors (Lipinski definition) is 4. The number of carbonyl (C=O) groups excluding carboxylic acids is 1. The van der Waals surface area contributed by atoms with Gasteiger partial charge >= 0.3 is 0 Å². The molecule has 1 atom stereocenters. The van der Waals surface area contributed by atoms with E-state index in [9.17, 15) is 4.79 Å². The highest BCUT2D eigenvalue weighted by molar-refractivity contribution is 7.16. The zero-order valence-electron chi connectivity index (χ0n) is 17.0. The van der Waals surface area contributed by atoms with Crippen molar-refractivity contribution in [1.29, 1.82) is 0 Å². The minimum absolute atomic E-state index is 0. The number of benzene rings is 1. The van der Waals surface area contributed by atoms with Gasteiger partial charge in [-0.3, -0.25) is 4.79 Å². The Kier molecular flexibility index (Phi) is 8.92. The van der Waals surface area contributed by atoms with Crippen LogP contribution >= 0.6 is 36.2 Å². The van der Waals surface area contributed by atoms with E-state index in [1.165, 1.54) is 34.4 Å². The molecule has 5 nitrogen and oxygen atoms in total.